The van der Waals surface area contributed by atoms with Crippen LogP contribution in [0, 0.1) is 12.8 Å². The topological polar surface area (TPSA) is 68.0 Å². The molecule has 0 spiro atoms. The van der Waals surface area contributed by atoms with E-state index in [-0.39, 0.29) is 29.2 Å². The van der Waals surface area contributed by atoms with Crippen LogP contribution in [0.15, 0.2) is 12.1 Å². The zero-order chi connectivity index (χ0) is 18.1. The lowest BCUT2D eigenvalue weighted by Crippen LogP contribution is -2.40. The standard InChI is InChI=1S/C16H20F3N3OS.ClH/c1-8(2)6-10(7-20)21-14(23)13-9(3)11-4-5-12(16(17,18)19)22-15(11)24-13;/h4-5,8,10H,6-7,20H2,1-3H3,(H,21,23);1H. The van der Waals surface area contributed by atoms with Crippen molar-refractivity contribution in [2.45, 2.75) is 39.4 Å². The molecule has 0 aliphatic carbocycles. The van der Waals surface area contributed by atoms with E-state index in [9.17, 15) is 18.0 Å². The van der Waals surface area contributed by atoms with Crippen LogP contribution in [-0.4, -0.2) is 23.5 Å². The average Bonchev–Trinajstić information content (AvgIpc) is 2.82. The number of hydrogen-bond acceptors (Lipinski definition) is 4. The van der Waals surface area contributed by atoms with Crippen LogP contribution in [0.3, 0.4) is 0 Å². The summed E-state index contributed by atoms with van der Waals surface area (Å²) in [6.07, 6.45) is -3.76. The molecule has 1 atom stereocenters. The van der Waals surface area contributed by atoms with Crippen LogP contribution in [0.2, 0.25) is 0 Å². The van der Waals surface area contributed by atoms with E-state index in [1.54, 1.807) is 6.92 Å². The fraction of sp³-hybridized carbons (Fsp3) is 0.500. The number of fused-ring (bicyclic) bond motifs is 1. The molecule has 0 radical (unpaired) electrons. The van der Waals surface area contributed by atoms with Crippen LogP contribution in [0.1, 0.15) is 41.2 Å². The van der Waals surface area contributed by atoms with E-state index >= 15 is 0 Å². The minimum Gasteiger partial charge on any atom is -0.347 e. The fourth-order valence-corrected chi connectivity index (χ4v) is 3.59. The van der Waals surface area contributed by atoms with Gasteiger partial charge in [0.1, 0.15) is 10.5 Å². The van der Waals surface area contributed by atoms with Gasteiger partial charge in [-0.25, -0.2) is 4.98 Å². The number of amides is 1. The molecule has 2 aromatic heterocycles. The third kappa shape index (κ3) is 5.05. The quantitative estimate of drug-likeness (QED) is 0.799. The molecule has 0 aliphatic heterocycles. The summed E-state index contributed by atoms with van der Waals surface area (Å²) in [6, 6.07) is 2.13. The van der Waals surface area contributed by atoms with Gasteiger partial charge in [-0.1, -0.05) is 13.8 Å². The summed E-state index contributed by atoms with van der Waals surface area (Å²) < 4.78 is 38.3. The van der Waals surface area contributed by atoms with E-state index in [4.69, 9.17) is 5.73 Å². The summed E-state index contributed by atoms with van der Waals surface area (Å²) in [5.41, 5.74) is 5.36. The predicted molar refractivity (Wildman–Crippen MR) is 96.4 cm³/mol. The first-order valence-electron chi connectivity index (χ1n) is 7.61. The summed E-state index contributed by atoms with van der Waals surface area (Å²) in [4.78, 5) is 16.7. The summed E-state index contributed by atoms with van der Waals surface area (Å²) in [5.74, 6) is 0.0542. The molecule has 140 valence electrons. The minimum absolute atomic E-state index is 0. The van der Waals surface area contributed by atoms with Crippen molar-refractivity contribution in [2.75, 3.05) is 6.54 Å². The summed E-state index contributed by atoms with van der Waals surface area (Å²) in [7, 11) is 0. The van der Waals surface area contributed by atoms with Gasteiger partial charge in [0, 0.05) is 18.0 Å². The molecule has 1 unspecified atom stereocenters. The molecule has 4 nitrogen and oxygen atoms in total. The highest BCUT2D eigenvalue weighted by Crippen LogP contribution is 2.34. The molecule has 2 heterocycles. The lowest BCUT2D eigenvalue weighted by molar-refractivity contribution is -0.140. The Morgan fingerprint density at radius 2 is 2.00 bits per heavy atom. The number of nitrogens with zero attached hydrogens (tertiary/aromatic N) is 1. The zero-order valence-electron chi connectivity index (χ0n) is 14.1. The highest BCUT2D eigenvalue weighted by atomic mass is 35.5. The number of nitrogens with one attached hydrogen (secondary N) is 1. The largest absolute Gasteiger partial charge is 0.433 e. The molecule has 9 heteroatoms. The molecular formula is C16H21ClF3N3OS. The zero-order valence-corrected chi connectivity index (χ0v) is 15.7. The fourth-order valence-electron chi connectivity index (χ4n) is 2.51. The molecule has 0 saturated carbocycles. The Kier molecular flexibility index (Phi) is 7.22. The van der Waals surface area contributed by atoms with Gasteiger partial charge in [0.25, 0.3) is 5.91 Å². The first-order valence-corrected chi connectivity index (χ1v) is 8.43. The number of rotatable bonds is 5. The van der Waals surface area contributed by atoms with Crippen molar-refractivity contribution in [1.82, 2.24) is 10.3 Å². The van der Waals surface area contributed by atoms with Crippen molar-refractivity contribution in [3.05, 3.63) is 28.3 Å². The second-order valence-corrected chi connectivity index (χ2v) is 7.14. The van der Waals surface area contributed by atoms with Gasteiger partial charge in [-0.15, -0.1) is 23.7 Å². The Bertz CT molecular complexity index is 746. The highest BCUT2D eigenvalue weighted by molar-refractivity contribution is 7.20. The molecule has 1 amide bonds. The maximum Gasteiger partial charge on any atom is 0.433 e. The number of thiophene rings is 1. The van der Waals surface area contributed by atoms with Gasteiger partial charge in [-0.05, 0) is 37.0 Å². The molecule has 0 aliphatic rings. The van der Waals surface area contributed by atoms with Crippen molar-refractivity contribution in [2.24, 2.45) is 11.7 Å². The van der Waals surface area contributed by atoms with Crippen molar-refractivity contribution in [1.29, 1.82) is 0 Å². The summed E-state index contributed by atoms with van der Waals surface area (Å²) in [6.45, 7) is 6.08. The van der Waals surface area contributed by atoms with Gasteiger partial charge in [-0.2, -0.15) is 13.2 Å². The number of alkyl halides is 3. The Morgan fingerprint density at radius 3 is 2.52 bits per heavy atom. The number of aromatic nitrogens is 1. The maximum atomic E-state index is 12.8. The summed E-state index contributed by atoms with van der Waals surface area (Å²) >= 11 is 0.970. The van der Waals surface area contributed by atoms with Gasteiger partial charge < -0.3 is 11.1 Å². The monoisotopic (exact) mass is 395 g/mol. The van der Waals surface area contributed by atoms with E-state index < -0.39 is 11.9 Å². The van der Waals surface area contributed by atoms with Gasteiger partial charge in [0.2, 0.25) is 0 Å². The minimum atomic E-state index is -4.50. The number of aryl methyl sites for hydroxylation is 1. The lowest BCUT2D eigenvalue weighted by Gasteiger charge is -2.18. The third-order valence-corrected chi connectivity index (χ3v) is 4.88. The molecular weight excluding hydrogens is 375 g/mol. The van der Waals surface area contributed by atoms with Crippen molar-refractivity contribution < 1.29 is 18.0 Å². The SMILES string of the molecule is Cc1c(C(=O)NC(CN)CC(C)C)sc2nc(C(F)(F)F)ccc12.Cl. The van der Waals surface area contributed by atoms with E-state index in [0.717, 1.165) is 23.8 Å². The molecule has 2 aromatic rings. The van der Waals surface area contributed by atoms with E-state index in [1.807, 2.05) is 13.8 Å². The summed E-state index contributed by atoms with van der Waals surface area (Å²) in [5, 5.41) is 3.42. The number of halogens is 4. The molecule has 25 heavy (non-hydrogen) atoms. The Labute approximate surface area is 154 Å². The van der Waals surface area contributed by atoms with Crippen LogP contribution < -0.4 is 11.1 Å². The number of nitrogens with two attached hydrogens (primary N) is 1. The van der Waals surface area contributed by atoms with Crippen molar-refractivity contribution in [3.63, 3.8) is 0 Å². The molecule has 0 saturated heterocycles. The second-order valence-electron chi connectivity index (χ2n) is 6.14. The van der Waals surface area contributed by atoms with Crippen LogP contribution in [0.5, 0.6) is 0 Å². The predicted octanol–water partition coefficient (Wildman–Crippen LogP) is 4.15. The number of carbonyl (C=O) groups excluding carboxylic acids is 1. The van der Waals surface area contributed by atoms with Crippen LogP contribution in [-0.2, 0) is 6.18 Å². The molecule has 2 rings (SSSR count). The van der Waals surface area contributed by atoms with Gasteiger partial charge >= 0.3 is 6.18 Å². The van der Waals surface area contributed by atoms with E-state index in [1.165, 1.54) is 6.07 Å². The van der Waals surface area contributed by atoms with Gasteiger partial charge in [0.05, 0.1) is 4.88 Å². The molecule has 0 bridgehead atoms. The third-order valence-electron chi connectivity index (χ3n) is 3.68. The van der Waals surface area contributed by atoms with Gasteiger partial charge in [0.15, 0.2) is 0 Å². The first-order chi connectivity index (χ1) is 11.1. The van der Waals surface area contributed by atoms with Crippen LogP contribution in [0.4, 0.5) is 13.2 Å². The Morgan fingerprint density at radius 1 is 1.36 bits per heavy atom. The van der Waals surface area contributed by atoms with E-state index in [2.05, 4.69) is 10.3 Å². The Hall–Kier alpha value is -1.38. The first kappa shape index (κ1) is 21.7. The normalized spacial score (nSPS) is 13.0. The number of carbonyl (C=O) groups is 1. The van der Waals surface area contributed by atoms with Gasteiger partial charge in [-0.3, -0.25) is 4.79 Å². The van der Waals surface area contributed by atoms with Crippen molar-refractivity contribution >= 4 is 39.9 Å². The Balaban J connectivity index is 0.00000312. The van der Waals surface area contributed by atoms with E-state index in [0.29, 0.717) is 28.3 Å². The number of hydrogen-bond donors (Lipinski definition) is 2. The van der Waals surface area contributed by atoms with Crippen LogP contribution >= 0.6 is 23.7 Å². The molecule has 0 aromatic carbocycles. The second kappa shape index (κ2) is 8.33. The van der Waals surface area contributed by atoms with Crippen LogP contribution in [0.25, 0.3) is 10.2 Å². The molecule has 0 fully saturated rings. The molecule has 3 N–H and O–H groups in total. The lowest BCUT2D eigenvalue weighted by atomic mass is 10.0. The smallest absolute Gasteiger partial charge is 0.347 e. The number of pyridine rings is 1. The van der Waals surface area contributed by atoms with Crippen molar-refractivity contribution in [3.8, 4) is 0 Å². The highest BCUT2D eigenvalue weighted by Gasteiger charge is 2.33. The average molecular weight is 396 g/mol. The maximum absolute atomic E-state index is 12.8.